The number of hydrogen-bond acceptors (Lipinski definition) is 4. The molecule has 2 N–H and O–H groups in total. The van der Waals surface area contributed by atoms with Crippen LogP contribution in [0.3, 0.4) is 0 Å². The molecule has 4 nitrogen and oxygen atoms in total. The summed E-state index contributed by atoms with van der Waals surface area (Å²) in [4.78, 5) is 17.9. The number of carbonyl (C=O) groups is 1. The van der Waals surface area contributed by atoms with Gasteiger partial charge in [0.25, 0.3) is 0 Å². The Morgan fingerprint density at radius 1 is 1.19 bits per heavy atom. The van der Waals surface area contributed by atoms with Gasteiger partial charge in [0.2, 0.25) is 0 Å². The Labute approximate surface area is 154 Å². The molecule has 1 aliphatic carbocycles. The molecule has 4 heteroatoms. The normalized spacial score (nSPS) is 23.9. The van der Waals surface area contributed by atoms with Crippen LogP contribution in [0.1, 0.15) is 51.2 Å². The van der Waals surface area contributed by atoms with Crippen LogP contribution in [0, 0.1) is 5.41 Å². The summed E-state index contributed by atoms with van der Waals surface area (Å²) in [5.41, 5.74) is 3.09. The zero-order chi connectivity index (χ0) is 18.5. The largest absolute Gasteiger partial charge is 0.508 e. The van der Waals surface area contributed by atoms with Crippen LogP contribution in [0.2, 0.25) is 0 Å². The lowest BCUT2D eigenvalue weighted by Crippen LogP contribution is -2.43. The number of benzene rings is 1. The van der Waals surface area contributed by atoms with Crippen molar-refractivity contribution in [3.63, 3.8) is 0 Å². The van der Waals surface area contributed by atoms with Crippen LogP contribution < -0.4 is 5.32 Å². The Kier molecular flexibility index (Phi) is 3.69. The first-order valence-corrected chi connectivity index (χ1v) is 9.16. The molecule has 1 atom stereocenters. The topological polar surface area (TPSA) is 62.2 Å². The van der Waals surface area contributed by atoms with Crippen LogP contribution in [0.5, 0.6) is 5.75 Å². The number of anilines is 1. The molecule has 0 saturated heterocycles. The zero-order valence-corrected chi connectivity index (χ0v) is 15.5. The molecule has 26 heavy (non-hydrogen) atoms. The van der Waals surface area contributed by atoms with Gasteiger partial charge in [-0.2, -0.15) is 0 Å². The third-order valence-electron chi connectivity index (χ3n) is 5.71. The van der Waals surface area contributed by atoms with Gasteiger partial charge in [0.05, 0.1) is 5.41 Å². The first-order chi connectivity index (χ1) is 12.4. The SMILES string of the molecule is CC[C@]1(c2cccc(O)c2)C2=C(CC(C)(C)CC2=O)Nc2ncccc21. The van der Waals surface area contributed by atoms with Crippen molar-refractivity contribution in [3.8, 4) is 5.75 Å². The minimum absolute atomic E-state index is 0.0759. The van der Waals surface area contributed by atoms with E-state index in [1.807, 2.05) is 24.3 Å². The number of Topliss-reactive ketones (excluding diaryl/α,β-unsaturated/α-hetero) is 1. The van der Waals surface area contributed by atoms with E-state index in [4.69, 9.17) is 0 Å². The molecule has 2 aromatic rings. The number of carbonyl (C=O) groups excluding carboxylic acids is 1. The van der Waals surface area contributed by atoms with Gasteiger partial charge >= 0.3 is 0 Å². The Morgan fingerprint density at radius 2 is 2.00 bits per heavy atom. The maximum absolute atomic E-state index is 13.3. The molecule has 2 heterocycles. The van der Waals surface area contributed by atoms with Gasteiger partial charge in [0.1, 0.15) is 11.6 Å². The van der Waals surface area contributed by atoms with Crippen molar-refractivity contribution in [2.24, 2.45) is 5.41 Å². The molecule has 1 aromatic carbocycles. The van der Waals surface area contributed by atoms with Crippen LogP contribution in [0.25, 0.3) is 0 Å². The van der Waals surface area contributed by atoms with Gasteiger partial charge in [0, 0.05) is 29.5 Å². The van der Waals surface area contributed by atoms with Gasteiger partial charge in [-0.15, -0.1) is 0 Å². The van der Waals surface area contributed by atoms with Crippen LogP contribution in [0.4, 0.5) is 5.82 Å². The standard InChI is InChI=1S/C22H24N2O2/c1-4-22(14-7-5-8-15(25)11-14)16-9-6-10-23-20(16)24-17-12-21(2,3)13-18(26)19(17)22/h5-11,25H,4,12-13H2,1-3H3,(H,23,24)/t22-/m1/s1. The molecule has 2 aliphatic rings. The molecule has 134 valence electrons. The number of aromatic hydroxyl groups is 1. The number of hydrogen-bond donors (Lipinski definition) is 2. The highest BCUT2D eigenvalue weighted by atomic mass is 16.3. The van der Waals surface area contributed by atoms with E-state index in [0.29, 0.717) is 6.42 Å². The van der Waals surface area contributed by atoms with Crippen molar-refractivity contribution in [2.75, 3.05) is 5.32 Å². The van der Waals surface area contributed by atoms with Gasteiger partial charge in [-0.1, -0.05) is 39.0 Å². The van der Waals surface area contributed by atoms with Crippen molar-refractivity contribution < 1.29 is 9.90 Å². The number of rotatable bonds is 2. The minimum Gasteiger partial charge on any atom is -0.508 e. The molecule has 1 aliphatic heterocycles. The highest BCUT2D eigenvalue weighted by Gasteiger charge is 2.49. The lowest BCUT2D eigenvalue weighted by molar-refractivity contribution is -0.118. The van der Waals surface area contributed by atoms with Gasteiger partial charge in [-0.05, 0) is 42.0 Å². The number of aromatic nitrogens is 1. The molecule has 0 unspecified atom stereocenters. The third kappa shape index (κ3) is 2.36. The molecular weight excluding hydrogens is 324 g/mol. The monoisotopic (exact) mass is 348 g/mol. The van der Waals surface area contributed by atoms with Crippen molar-refractivity contribution in [1.29, 1.82) is 0 Å². The predicted octanol–water partition coefficient (Wildman–Crippen LogP) is 4.55. The summed E-state index contributed by atoms with van der Waals surface area (Å²) in [5.74, 6) is 1.20. The van der Waals surface area contributed by atoms with Gasteiger partial charge < -0.3 is 10.4 Å². The van der Waals surface area contributed by atoms with E-state index >= 15 is 0 Å². The lowest BCUT2D eigenvalue weighted by atomic mass is 9.60. The van der Waals surface area contributed by atoms with Gasteiger partial charge in [0.15, 0.2) is 5.78 Å². The number of nitrogens with one attached hydrogen (secondary N) is 1. The maximum atomic E-state index is 13.3. The second-order valence-electron chi connectivity index (χ2n) is 8.13. The van der Waals surface area contributed by atoms with Gasteiger partial charge in [-0.3, -0.25) is 4.79 Å². The molecule has 4 rings (SSSR count). The Bertz CT molecular complexity index is 929. The zero-order valence-electron chi connectivity index (χ0n) is 15.5. The number of fused-ring (bicyclic) bond motifs is 1. The fourth-order valence-electron chi connectivity index (χ4n) is 4.69. The van der Waals surface area contributed by atoms with Crippen molar-refractivity contribution in [3.05, 3.63) is 65.0 Å². The highest BCUT2D eigenvalue weighted by Crippen LogP contribution is 2.53. The van der Waals surface area contributed by atoms with E-state index in [-0.39, 0.29) is 16.9 Å². The molecule has 0 fully saturated rings. The molecule has 0 saturated carbocycles. The van der Waals surface area contributed by atoms with Gasteiger partial charge in [-0.25, -0.2) is 4.98 Å². The molecule has 0 radical (unpaired) electrons. The molecular formula is C22H24N2O2. The first-order valence-electron chi connectivity index (χ1n) is 9.16. The van der Waals surface area contributed by atoms with Crippen LogP contribution in [-0.4, -0.2) is 15.9 Å². The quantitative estimate of drug-likeness (QED) is 0.836. The Balaban J connectivity index is 2.06. The number of ketones is 1. The summed E-state index contributed by atoms with van der Waals surface area (Å²) in [5, 5.41) is 13.6. The molecule has 0 bridgehead atoms. The average Bonchev–Trinajstić information content (AvgIpc) is 2.58. The predicted molar refractivity (Wildman–Crippen MR) is 102 cm³/mol. The lowest BCUT2D eigenvalue weighted by Gasteiger charge is -2.46. The highest BCUT2D eigenvalue weighted by molar-refractivity contribution is 6.02. The molecule has 0 amide bonds. The summed E-state index contributed by atoms with van der Waals surface area (Å²) in [7, 11) is 0. The fourth-order valence-corrected chi connectivity index (χ4v) is 4.69. The van der Waals surface area contributed by atoms with Crippen molar-refractivity contribution in [1.82, 2.24) is 4.98 Å². The van der Waals surface area contributed by atoms with Crippen LogP contribution in [-0.2, 0) is 10.2 Å². The Hall–Kier alpha value is -2.62. The van der Waals surface area contributed by atoms with E-state index in [1.54, 1.807) is 18.3 Å². The van der Waals surface area contributed by atoms with E-state index in [1.165, 1.54) is 0 Å². The van der Waals surface area contributed by atoms with Crippen LogP contribution >= 0.6 is 0 Å². The van der Waals surface area contributed by atoms with E-state index in [9.17, 15) is 9.90 Å². The first kappa shape index (κ1) is 16.8. The average molecular weight is 348 g/mol. The van der Waals surface area contributed by atoms with E-state index in [2.05, 4.69) is 31.1 Å². The summed E-state index contributed by atoms with van der Waals surface area (Å²) >= 11 is 0. The number of allylic oxidation sites excluding steroid dienone is 2. The van der Waals surface area contributed by atoms with E-state index in [0.717, 1.165) is 41.1 Å². The number of phenols is 1. The van der Waals surface area contributed by atoms with Crippen molar-refractivity contribution in [2.45, 2.75) is 45.4 Å². The second kappa shape index (κ2) is 5.70. The molecule has 1 aromatic heterocycles. The summed E-state index contributed by atoms with van der Waals surface area (Å²) in [6.07, 6.45) is 3.84. The number of pyridine rings is 1. The third-order valence-corrected chi connectivity index (χ3v) is 5.71. The van der Waals surface area contributed by atoms with Crippen LogP contribution in [0.15, 0.2) is 53.9 Å². The minimum atomic E-state index is -0.587. The molecule has 0 spiro atoms. The van der Waals surface area contributed by atoms with Crippen molar-refractivity contribution >= 4 is 11.6 Å². The fraction of sp³-hybridized carbons (Fsp3) is 0.364. The summed E-state index contributed by atoms with van der Waals surface area (Å²) in [6, 6.07) is 11.2. The second-order valence-corrected chi connectivity index (χ2v) is 8.13. The summed E-state index contributed by atoms with van der Waals surface area (Å²) < 4.78 is 0. The Morgan fingerprint density at radius 3 is 2.73 bits per heavy atom. The smallest absolute Gasteiger partial charge is 0.162 e. The maximum Gasteiger partial charge on any atom is 0.162 e. The van der Waals surface area contributed by atoms with E-state index < -0.39 is 5.41 Å². The number of phenolic OH excluding ortho intramolecular Hbond substituents is 1. The number of nitrogens with zero attached hydrogens (tertiary/aromatic N) is 1. The summed E-state index contributed by atoms with van der Waals surface area (Å²) in [6.45, 7) is 6.36.